The second-order valence-corrected chi connectivity index (χ2v) is 11.1. The highest BCUT2D eigenvalue weighted by Crippen LogP contribution is 2.66. The summed E-state index contributed by atoms with van der Waals surface area (Å²) in [5.74, 6) is 1.02. The third-order valence-corrected chi connectivity index (χ3v) is 9.76. The van der Waals surface area contributed by atoms with E-state index in [0.29, 0.717) is 30.9 Å². The Morgan fingerprint density at radius 2 is 2.06 bits per heavy atom. The first kappa shape index (κ1) is 20.8. The summed E-state index contributed by atoms with van der Waals surface area (Å²) in [5.41, 5.74) is 5.49. The molecule has 8 nitrogen and oxygen atoms in total. The van der Waals surface area contributed by atoms with E-state index < -0.39 is 4.92 Å². The summed E-state index contributed by atoms with van der Waals surface area (Å²) in [4.78, 5) is 33.6. The molecule has 1 saturated carbocycles. The summed E-state index contributed by atoms with van der Waals surface area (Å²) >= 11 is 0. The lowest BCUT2D eigenvalue weighted by Gasteiger charge is -2.58. The first-order valence-corrected chi connectivity index (χ1v) is 12.8. The van der Waals surface area contributed by atoms with Crippen molar-refractivity contribution >= 4 is 29.2 Å². The van der Waals surface area contributed by atoms with Crippen molar-refractivity contribution in [2.45, 2.75) is 42.9 Å². The molecule has 2 aromatic rings. The smallest absolute Gasteiger partial charge is 0.269 e. The van der Waals surface area contributed by atoms with Crippen LogP contribution in [0.5, 0.6) is 0 Å². The first-order chi connectivity index (χ1) is 17.5. The number of amides is 1. The highest BCUT2D eigenvalue weighted by Gasteiger charge is 2.71. The molecule has 182 valence electrons. The van der Waals surface area contributed by atoms with Crippen molar-refractivity contribution in [2.24, 2.45) is 16.8 Å². The summed E-state index contributed by atoms with van der Waals surface area (Å²) < 4.78 is 6.32. The molecule has 0 radical (unpaired) electrons. The van der Waals surface area contributed by atoms with Crippen LogP contribution >= 0.6 is 0 Å². The number of carbonyl (C=O) groups is 1. The van der Waals surface area contributed by atoms with Crippen molar-refractivity contribution in [2.75, 3.05) is 24.6 Å². The van der Waals surface area contributed by atoms with Gasteiger partial charge in [-0.15, -0.1) is 0 Å². The van der Waals surface area contributed by atoms with E-state index in [0.717, 1.165) is 42.9 Å². The lowest BCUT2D eigenvalue weighted by atomic mass is 9.53. The van der Waals surface area contributed by atoms with Gasteiger partial charge in [0.05, 0.1) is 35.8 Å². The Labute approximate surface area is 208 Å². The molecule has 36 heavy (non-hydrogen) atoms. The van der Waals surface area contributed by atoms with Crippen LogP contribution in [-0.2, 0) is 14.9 Å². The molecule has 6 aliphatic rings. The maximum Gasteiger partial charge on any atom is 0.269 e. The third kappa shape index (κ3) is 2.56. The zero-order chi connectivity index (χ0) is 24.2. The number of hydrogen-bond donors (Lipinski definition) is 0. The van der Waals surface area contributed by atoms with Crippen molar-refractivity contribution in [3.8, 4) is 0 Å². The van der Waals surface area contributed by atoms with Crippen LogP contribution in [0.2, 0.25) is 0 Å². The SMILES string of the molecule is O=C1C[C@@H]2OCC=C3CN4CC[C@@]56c7cc(N=Cc8ccc([N+](=O)[O-])cc8)ccc7N1[C@H]5[C@H]2[C@H]3C[C@@H]46. The van der Waals surface area contributed by atoms with Crippen molar-refractivity contribution in [3.05, 3.63) is 75.4 Å². The number of benzene rings is 2. The molecular weight excluding hydrogens is 456 g/mol. The van der Waals surface area contributed by atoms with E-state index in [9.17, 15) is 14.9 Å². The Kier molecular flexibility index (Phi) is 4.11. The highest BCUT2D eigenvalue weighted by atomic mass is 16.6. The number of anilines is 1. The molecule has 1 aliphatic carbocycles. The van der Waals surface area contributed by atoms with Gasteiger partial charge in [-0.1, -0.05) is 11.6 Å². The molecule has 5 heterocycles. The van der Waals surface area contributed by atoms with E-state index in [1.54, 1.807) is 18.3 Å². The molecule has 1 spiro atoms. The fourth-order valence-electron chi connectivity index (χ4n) is 8.45. The summed E-state index contributed by atoms with van der Waals surface area (Å²) in [5, 5.41) is 10.9. The van der Waals surface area contributed by atoms with Crippen LogP contribution in [-0.4, -0.2) is 59.8 Å². The number of piperidine rings is 2. The van der Waals surface area contributed by atoms with Crippen LogP contribution in [0.3, 0.4) is 0 Å². The molecule has 2 bridgehead atoms. The van der Waals surface area contributed by atoms with Gasteiger partial charge in [0.15, 0.2) is 0 Å². The van der Waals surface area contributed by atoms with Crippen molar-refractivity contribution in [1.29, 1.82) is 0 Å². The van der Waals surface area contributed by atoms with Gasteiger partial charge in [0.2, 0.25) is 5.91 Å². The third-order valence-electron chi connectivity index (χ3n) is 9.76. The number of fused-ring (bicyclic) bond motifs is 2. The van der Waals surface area contributed by atoms with E-state index in [1.165, 1.54) is 23.3 Å². The van der Waals surface area contributed by atoms with Crippen LogP contribution in [0.25, 0.3) is 0 Å². The molecule has 2 aromatic carbocycles. The number of nitro benzene ring substituents is 1. The van der Waals surface area contributed by atoms with E-state index in [1.807, 2.05) is 6.07 Å². The average Bonchev–Trinajstić information content (AvgIpc) is 3.35. The van der Waals surface area contributed by atoms with E-state index in [-0.39, 0.29) is 29.2 Å². The largest absolute Gasteiger partial charge is 0.373 e. The van der Waals surface area contributed by atoms with Gasteiger partial charge >= 0.3 is 0 Å². The fraction of sp³-hybridized carbons (Fsp3) is 0.429. The number of nitrogens with zero attached hydrogens (tertiary/aromatic N) is 4. The van der Waals surface area contributed by atoms with Crippen molar-refractivity contribution in [1.82, 2.24) is 4.90 Å². The zero-order valence-electron chi connectivity index (χ0n) is 19.7. The predicted molar refractivity (Wildman–Crippen MR) is 134 cm³/mol. The van der Waals surface area contributed by atoms with Gasteiger partial charge in [-0.25, -0.2) is 0 Å². The van der Waals surface area contributed by atoms with Crippen LogP contribution in [0.4, 0.5) is 17.1 Å². The van der Waals surface area contributed by atoms with E-state index >= 15 is 0 Å². The number of ether oxygens (including phenoxy) is 1. The van der Waals surface area contributed by atoms with Gasteiger partial charge in [-0.05, 0) is 66.8 Å². The molecule has 4 fully saturated rings. The fourth-order valence-corrected chi connectivity index (χ4v) is 8.45. The van der Waals surface area contributed by atoms with Gasteiger partial charge in [-0.2, -0.15) is 0 Å². The number of aliphatic imine (C=N–C) groups is 1. The minimum absolute atomic E-state index is 0.00332. The monoisotopic (exact) mass is 482 g/mol. The van der Waals surface area contributed by atoms with Crippen LogP contribution in [0.15, 0.2) is 59.1 Å². The summed E-state index contributed by atoms with van der Waals surface area (Å²) in [6, 6.07) is 13.3. The topological polar surface area (TPSA) is 88.3 Å². The minimum atomic E-state index is -0.399. The van der Waals surface area contributed by atoms with Crippen molar-refractivity contribution in [3.63, 3.8) is 0 Å². The standard InChI is InChI=1S/C28H26N4O4/c33-25-13-23-26-20-12-24-28(8-9-30(24)15-17(20)7-10-36-23)21-11-18(3-6-22(21)31(25)27(26)28)29-14-16-1-4-19(5-2-16)32(34)35/h1-7,11,14,20,23-24,26-27H,8-10,12-13,15H2/t20-,23-,24+,26-,27-,28-/m0/s1. The lowest BCUT2D eigenvalue weighted by Crippen LogP contribution is -2.69. The maximum absolute atomic E-state index is 13.6. The number of hydrogen-bond acceptors (Lipinski definition) is 6. The first-order valence-electron chi connectivity index (χ1n) is 12.8. The Morgan fingerprint density at radius 3 is 2.89 bits per heavy atom. The molecule has 8 heteroatoms. The summed E-state index contributed by atoms with van der Waals surface area (Å²) in [6.07, 6.45) is 6.70. The Balaban J connectivity index is 1.23. The maximum atomic E-state index is 13.6. The number of nitro groups is 1. The minimum Gasteiger partial charge on any atom is -0.373 e. The molecule has 3 saturated heterocycles. The van der Waals surface area contributed by atoms with Crippen LogP contribution in [0, 0.1) is 22.0 Å². The number of rotatable bonds is 3. The van der Waals surface area contributed by atoms with Gasteiger partial charge in [0.1, 0.15) is 0 Å². The molecule has 8 rings (SSSR count). The van der Waals surface area contributed by atoms with Gasteiger partial charge < -0.3 is 9.64 Å². The normalized spacial score (nSPS) is 35.6. The second kappa shape index (κ2) is 7.11. The molecule has 5 aliphatic heterocycles. The quantitative estimate of drug-likeness (QED) is 0.288. The Morgan fingerprint density at radius 1 is 1.19 bits per heavy atom. The zero-order valence-corrected chi connectivity index (χ0v) is 19.7. The Hall–Kier alpha value is -3.36. The van der Waals surface area contributed by atoms with Gasteiger partial charge in [0, 0.05) is 48.0 Å². The predicted octanol–water partition coefficient (Wildman–Crippen LogP) is 3.75. The molecule has 1 amide bonds. The van der Waals surface area contributed by atoms with E-state index in [2.05, 4.69) is 28.0 Å². The Bertz CT molecular complexity index is 1380. The van der Waals surface area contributed by atoms with Gasteiger partial charge in [-0.3, -0.25) is 24.8 Å². The van der Waals surface area contributed by atoms with Crippen LogP contribution < -0.4 is 4.90 Å². The highest BCUT2D eigenvalue weighted by molar-refractivity contribution is 5.99. The lowest BCUT2D eigenvalue weighted by molar-refractivity contribution is -0.384. The molecule has 0 unspecified atom stereocenters. The van der Waals surface area contributed by atoms with E-state index in [4.69, 9.17) is 9.73 Å². The number of non-ortho nitro benzene ring substituents is 1. The van der Waals surface area contributed by atoms with Gasteiger partial charge in [0.25, 0.3) is 5.69 Å². The summed E-state index contributed by atoms with van der Waals surface area (Å²) in [6.45, 7) is 2.70. The molecule has 0 N–H and O–H groups in total. The second-order valence-electron chi connectivity index (χ2n) is 11.1. The van der Waals surface area contributed by atoms with Crippen molar-refractivity contribution < 1.29 is 14.5 Å². The van der Waals surface area contributed by atoms with Crippen LogP contribution in [0.1, 0.15) is 30.4 Å². The summed E-state index contributed by atoms with van der Waals surface area (Å²) in [7, 11) is 0. The average molecular weight is 483 g/mol. The molecule has 6 atom stereocenters. The molecule has 0 aromatic heterocycles. The molecular formula is C28H26N4O4. The number of carbonyl (C=O) groups excluding carboxylic acids is 1.